The molecule has 0 saturated carbocycles. The van der Waals surface area contributed by atoms with Crippen LogP contribution in [0.25, 0.3) is 11.2 Å². The predicted octanol–water partition coefficient (Wildman–Crippen LogP) is 2.79. The van der Waals surface area contributed by atoms with Crippen LogP contribution in [0.3, 0.4) is 0 Å². The Morgan fingerprint density at radius 2 is 2.12 bits per heavy atom. The van der Waals surface area contributed by atoms with Crippen molar-refractivity contribution in [2.75, 3.05) is 19.5 Å². The topological polar surface area (TPSA) is 105 Å². The van der Waals surface area contributed by atoms with Gasteiger partial charge in [-0.25, -0.2) is 0 Å². The van der Waals surface area contributed by atoms with Crippen molar-refractivity contribution < 1.29 is 14.0 Å². The van der Waals surface area contributed by atoms with Crippen LogP contribution in [0, 0.1) is 5.81 Å². The number of anilines is 1. The van der Waals surface area contributed by atoms with E-state index in [9.17, 15) is 4.57 Å². The number of hydrogen-bond donors (Lipinski definition) is 1. The normalized spacial score (nSPS) is 10.6. The van der Waals surface area contributed by atoms with Crippen molar-refractivity contribution in [3.05, 3.63) is 30.6 Å². The second-order valence-electron chi connectivity index (χ2n) is 4.81. The Morgan fingerprint density at radius 3 is 2.84 bits per heavy atom. The molecule has 2 heterocycles. The van der Waals surface area contributed by atoms with E-state index in [4.69, 9.17) is 15.2 Å². The molecule has 0 saturated heterocycles. The Morgan fingerprint density at radius 1 is 1.32 bits per heavy atom. The first-order valence-electron chi connectivity index (χ1n) is 7.20. The van der Waals surface area contributed by atoms with Crippen molar-refractivity contribution in [1.29, 1.82) is 0 Å². The molecule has 2 aromatic heterocycles. The van der Waals surface area contributed by atoms with Crippen LogP contribution < -0.4 is 10.5 Å². The van der Waals surface area contributed by atoms with E-state index in [0.29, 0.717) is 29.3 Å². The molecule has 1 aromatic carbocycles. The molecular formula is C15H14N5O3PS. The van der Waals surface area contributed by atoms with E-state index < -0.39 is 0 Å². The zero-order valence-corrected chi connectivity index (χ0v) is 15.0. The van der Waals surface area contributed by atoms with Crippen LogP contribution in [0.4, 0.5) is 5.95 Å². The molecule has 0 radical (unpaired) electrons. The van der Waals surface area contributed by atoms with Crippen LogP contribution in [0.2, 0.25) is 0 Å². The van der Waals surface area contributed by atoms with Crippen LogP contribution in [0.15, 0.2) is 40.5 Å². The number of benzene rings is 1. The van der Waals surface area contributed by atoms with Crippen molar-refractivity contribution in [2.24, 2.45) is 0 Å². The average Bonchev–Trinajstić information content (AvgIpc) is 3.02. The minimum absolute atomic E-state index is 0.169. The van der Waals surface area contributed by atoms with E-state index in [1.807, 2.05) is 24.3 Å². The van der Waals surface area contributed by atoms with Crippen molar-refractivity contribution in [3.63, 3.8) is 0 Å². The second kappa shape index (κ2) is 8.18. The number of nitrogen functional groups attached to an aromatic ring is 1. The molecule has 3 aromatic rings. The Kier molecular flexibility index (Phi) is 5.73. The molecule has 0 fully saturated rings. The average molecular weight is 375 g/mol. The molecule has 10 heteroatoms. The first kappa shape index (κ1) is 17.5. The summed E-state index contributed by atoms with van der Waals surface area (Å²) >= 11 is 1.45. The number of fused-ring (bicyclic) bond motifs is 1. The van der Waals surface area contributed by atoms with Gasteiger partial charge in [-0.2, -0.15) is 0 Å². The number of imidazole rings is 1. The molecule has 0 aliphatic carbocycles. The van der Waals surface area contributed by atoms with E-state index in [1.54, 1.807) is 18.0 Å². The first-order chi connectivity index (χ1) is 12.2. The van der Waals surface area contributed by atoms with E-state index >= 15 is 0 Å². The Labute approximate surface area is 148 Å². The predicted molar refractivity (Wildman–Crippen MR) is 94.3 cm³/mol. The Bertz CT molecular complexity index is 987. The molecule has 0 unspecified atom stereocenters. The van der Waals surface area contributed by atoms with Crippen LogP contribution in [0.1, 0.15) is 0 Å². The van der Waals surface area contributed by atoms with Gasteiger partial charge in [-0.3, -0.25) is 0 Å². The molecule has 0 amide bonds. The second-order valence-corrected chi connectivity index (χ2v) is 6.23. The number of aromatic nitrogens is 4. The summed E-state index contributed by atoms with van der Waals surface area (Å²) in [5, 5.41) is 0.670. The van der Waals surface area contributed by atoms with Gasteiger partial charge in [0.05, 0.1) is 7.11 Å². The van der Waals surface area contributed by atoms with Gasteiger partial charge in [-0.1, -0.05) is 0 Å². The van der Waals surface area contributed by atoms with E-state index in [2.05, 4.69) is 20.8 Å². The van der Waals surface area contributed by atoms with Gasteiger partial charge in [0.1, 0.15) is 5.75 Å². The monoisotopic (exact) mass is 375 g/mol. The molecule has 0 aliphatic heterocycles. The third-order valence-electron chi connectivity index (χ3n) is 3.26. The number of nitrogens with zero attached hydrogens (tertiary/aromatic N) is 4. The van der Waals surface area contributed by atoms with Gasteiger partial charge in [0.15, 0.2) is 0 Å². The number of nitrogens with two attached hydrogens (primary N) is 1. The SMILES string of the molecule is COc1ccc(Sc2nc(N)nc3c2ncn3CCOC#P=O)cc1. The Hall–Kier alpha value is -2.31. The van der Waals surface area contributed by atoms with Crippen LogP contribution in [0.5, 0.6) is 5.75 Å². The summed E-state index contributed by atoms with van der Waals surface area (Å²) in [5.74, 6) is 3.19. The van der Waals surface area contributed by atoms with Gasteiger partial charge in [0.2, 0.25) is 0 Å². The van der Waals surface area contributed by atoms with Gasteiger partial charge in [0, 0.05) is 0 Å². The third kappa shape index (κ3) is 4.21. The molecule has 0 bridgehead atoms. The molecule has 0 atom stereocenters. The summed E-state index contributed by atoms with van der Waals surface area (Å²) in [5.41, 5.74) is 7.12. The van der Waals surface area contributed by atoms with Crippen LogP contribution in [-0.2, 0) is 15.8 Å². The van der Waals surface area contributed by atoms with Crippen molar-refractivity contribution >= 4 is 36.8 Å². The molecule has 0 spiro atoms. The fraction of sp³-hybridized carbons (Fsp3) is 0.200. The fourth-order valence-electron chi connectivity index (χ4n) is 2.14. The molecule has 8 nitrogen and oxygen atoms in total. The van der Waals surface area contributed by atoms with Crippen molar-refractivity contribution in [2.45, 2.75) is 16.5 Å². The van der Waals surface area contributed by atoms with Crippen molar-refractivity contribution in [1.82, 2.24) is 19.5 Å². The maximum absolute atomic E-state index is 10.3. The number of methoxy groups -OCH3 is 1. The van der Waals surface area contributed by atoms with E-state index in [1.165, 1.54) is 11.8 Å². The summed E-state index contributed by atoms with van der Waals surface area (Å²) in [6, 6.07) is 7.63. The molecular weight excluding hydrogens is 361 g/mol. The minimum atomic E-state index is -0.283. The number of hydrogen-bond acceptors (Lipinski definition) is 8. The summed E-state index contributed by atoms with van der Waals surface area (Å²) in [6.45, 7) is 0.772. The maximum atomic E-state index is 10.3. The Balaban J connectivity index is 1.88. The van der Waals surface area contributed by atoms with Crippen molar-refractivity contribution in [3.8, 4) is 11.6 Å². The van der Waals surface area contributed by atoms with Gasteiger partial charge in [-0.05, 0) is 0 Å². The zero-order chi connectivity index (χ0) is 17.6. The number of rotatable bonds is 6. The molecule has 128 valence electrons. The van der Waals surface area contributed by atoms with Gasteiger partial charge in [-0.15, -0.1) is 0 Å². The number of ether oxygens (including phenoxy) is 2. The quantitative estimate of drug-likeness (QED) is 0.398. The van der Waals surface area contributed by atoms with Crippen LogP contribution in [-0.4, -0.2) is 33.2 Å². The molecule has 3 rings (SSSR count). The summed E-state index contributed by atoms with van der Waals surface area (Å²) < 4.78 is 22.2. The van der Waals surface area contributed by atoms with Gasteiger partial charge in [0.25, 0.3) is 0 Å². The zero-order valence-electron chi connectivity index (χ0n) is 13.2. The fourth-order valence-corrected chi connectivity index (χ4v) is 3.16. The van der Waals surface area contributed by atoms with Gasteiger partial charge < -0.3 is 4.74 Å². The van der Waals surface area contributed by atoms with Crippen LogP contribution >= 0.6 is 19.7 Å². The van der Waals surface area contributed by atoms with E-state index in [-0.39, 0.29) is 13.9 Å². The summed E-state index contributed by atoms with van der Waals surface area (Å²) in [4.78, 5) is 13.9. The molecule has 2 N–H and O–H groups in total. The molecule has 25 heavy (non-hydrogen) atoms. The standard InChI is InChI=1S/C15H14N5O3PS/c1-22-10-2-4-11(5-3-10)25-14-12-13(18-15(16)19-14)20(8-17-12)6-7-23-9-24-21/h2-5,8H,6-7H2,1H3,(H2,16,18,19). The third-order valence-corrected chi connectivity index (χ3v) is 4.45. The first-order valence-corrected chi connectivity index (χ1v) is 8.83. The summed E-state index contributed by atoms with van der Waals surface area (Å²) in [7, 11) is 1.34. The summed E-state index contributed by atoms with van der Waals surface area (Å²) in [6.07, 6.45) is 1.65. The van der Waals surface area contributed by atoms with E-state index in [0.717, 1.165) is 10.6 Å². The molecule has 0 aliphatic rings. The van der Waals surface area contributed by atoms with Gasteiger partial charge >= 0.3 is 131 Å².